The number of amides is 2. The summed E-state index contributed by atoms with van der Waals surface area (Å²) in [6.07, 6.45) is -2.82. The first-order valence-electron chi connectivity index (χ1n) is 11.7. The highest BCUT2D eigenvalue weighted by atomic mass is 32.2. The average molecular weight is 573 g/mol. The van der Waals surface area contributed by atoms with E-state index in [1.165, 1.54) is 31.0 Å². The van der Waals surface area contributed by atoms with E-state index < -0.39 is 24.3 Å². The third kappa shape index (κ3) is 6.79. The van der Waals surface area contributed by atoms with E-state index in [0.29, 0.717) is 20.5 Å². The summed E-state index contributed by atoms with van der Waals surface area (Å²) in [5, 5.41) is 2.38. The fourth-order valence-corrected chi connectivity index (χ4v) is 5.27. The molecule has 1 atom stereocenters. The number of hydrogen-bond acceptors (Lipinski definition) is 6. The fraction of sp³-hybridized carbons (Fsp3) is 0.179. The van der Waals surface area contributed by atoms with Gasteiger partial charge in [-0.3, -0.25) is 14.5 Å². The standard InChI is InChI=1S/C28H23F3N2O4S2/c1-17(19-7-4-3-5-8-19)33-26(35)24(39-27(33)38)14-18-11-12-22(23(13-18)36-2)37-16-25(34)32-21-10-6-9-20(15-21)28(29,30)31/h3-15,17H,16H2,1-2H3,(H,32,34)/b24-14-/t17-/m0/s1. The largest absolute Gasteiger partial charge is 0.493 e. The summed E-state index contributed by atoms with van der Waals surface area (Å²) in [4.78, 5) is 27.5. The van der Waals surface area contributed by atoms with Crippen LogP contribution in [-0.2, 0) is 15.8 Å². The van der Waals surface area contributed by atoms with Crippen molar-refractivity contribution in [1.29, 1.82) is 0 Å². The summed E-state index contributed by atoms with van der Waals surface area (Å²) in [7, 11) is 1.43. The maximum absolute atomic E-state index is 13.1. The van der Waals surface area contributed by atoms with Crippen LogP contribution in [0.4, 0.5) is 18.9 Å². The summed E-state index contributed by atoms with van der Waals surface area (Å²) in [6, 6.07) is 18.6. The molecule has 202 valence electrons. The Morgan fingerprint density at radius 3 is 2.51 bits per heavy atom. The lowest BCUT2D eigenvalue weighted by molar-refractivity contribution is -0.137. The Kier molecular flexibility index (Phi) is 8.61. The van der Waals surface area contributed by atoms with Gasteiger partial charge in [-0.1, -0.05) is 66.4 Å². The first-order valence-corrected chi connectivity index (χ1v) is 12.9. The van der Waals surface area contributed by atoms with Gasteiger partial charge in [-0.2, -0.15) is 13.2 Å². The number of rotatable bonds is 8. The average Bonchev–Trinajstić information content (AvgIpc) is 3.19. The quantitative estimate of drug-likeness (QED) is 0.240. The van der Waals surface area contributed by atoms with Gasteiger partial charge in [0.1, 0.15) is 4.32 Å². The molecular formula is C28H23F3N2O4S2. The molecule has 0 unspecified atom stereocenters. The number of thiocarbonyl (C=S) groups is 1. The van der Waals surface area contributed by atoms with Gasteiger partial charge in [0.05, 0.1) is 23.6 Å². The topological polar surface area (TPSA) is 67.9 Å². The first kappa shape index (κ1) is 28.2. The van der Waals surface area contributed by atoms with Crippen LogP contribution in [0.1, 0.15) is 29.7 Å². The molecular weight excluding hydrogens is 549 g/mol. The van der Waals surface area contributed by atoms with Crippen molar-refractivity contribution < 1.29 is 32.2 Å². The van der Waals surface area contributed by atoms with Gasteiger partial charge in [-0.25, -0.2) is 0 Å². The highest BCUT2D eigenvalue weighted by Gasteiger charge is 2.36. The second-order valence-corrected chi connectivity index (χ2v) is 10.1. The van der Waals surface area contributed by atoms with Gasteiger partial charge < -0.3 is 14.8 Å². The molecule has 3 aromatic rings. The Bertz CT molecular complexity index is 1430. The summed E-state index contributed by atoms with van der Waals surface area (Å²) < 4.78 is 50.1. The molecule has 1 heterocycles. The van der Waals surface area contributed by atoms with Crippen molar-refractivity contribution in [3.8, 4) is 11.5 Å². The number of ether oxygens (including phenoxy) is 2. The lowest BCUT2D eigenvalue weighted by Gasteiger charge is -2.23. The van der Waals surface area contributed by atoms with Crippen molar-refractivity contribution in [2.75, 3.05) is 19.0 Å². The van der Waals surface area contributed by atoms with Crippen molar-refractivity contribution in [1.82, 2.24) is 4.90 Å². The molecule has 1 N–H and O–H groups in total. The molecule has 0 aromatic heterocycles. The maximum atomic E-state index is 13.1. The summed E-state index contributed by atoms with van der Waals surface area (Å²) >= 11 is 6.68. The number of thioether (sulfide) groups is 1. The molecule has 2 amide bonds. The van der Waals surface area contributed by atoms with Crippen LogP contribution in [0.5, 0.6) is 11.5 Å². The van der Waals surface area contributed by atoms with Gasteiger partial charge in [-0.05, 0) is 54.5 Å². The molecule has 0 radical (unpaired) electrons. The molecule has 39 heavy (non-hydrogen) atoms. The Morgan fingerprint density at radius 2 is 1.82 bits per heavy atom. The van der Waals surface area contributed by atoms with Gasteiger partial charge >= 0.3 is 6.18 Å². The second kappa shape index (κ2) is 11.9. The molecule has 0 bridgehead atoms. The van der Waals surface area contributed by atoms with Crippen LogP contribution in [0, 0.1) is 0 Å². The van der Waals surface area contributed by atoms with Crippen molar-refractivity contribution in [2.45, 2.75) is 19.1 Å². The summed E-state index contributed by atoms with van der Waals surface area (Å²) in [5.41, 5.74) is 0.750. The number of methoxy groups -OCH3 is 1. The van der Waals surface area contributed by atoms with Crippen LogP contribution >= 0.6 is 24.0 Å². The number of hydrogen-bond donors (Lipinski definition) is 1. The van der Waals surface area contributed by atoms with Gasteiger partial charge in [-0.15, -0.1) is 0 Å². The van der Waals surface area contributed by atoms with E-state index in [1.54, 1.807) is 29.2 Å². The van der Waals surface area contributed by atoms with Gasteiger partial charge in [0, 0.05) is 5.69 Å². The van der Waals surface area contributed by atoms with E-state index in [2.05, 4.69) is 5.32 Å². The Morgan fingerprint density at radius 1 is 1.08 bits per heavy atom. The van der Waals surface area contributed by atoms with Crippen LogP contribution in [-0.4, -0.2) is 34.8 Å². The lowest BCUT2D eigenvalue weighted by atomic mass is 10.1. The number of benzene rings is 3. The Labute approximate surface area is 232 Å². The number of carbonyl (C=O) groups is 2. The van der Waals surface area contributed by atoms with Crippen LogP contribution in [0.25, 0.3) is 6.08 Å². The van der Waals surface area contributed by atoms with Crippen LogP contribution in [0.2, 0.25) is 0 Å². The zero-order valence-electron chi connectivity index (χ0n) is 20.8. The molecule has 4 rings (SSSR count). The second-order valence-electron chi connectivity index (χ2n) is 8.46. The highest BCUT2D eigenvalue weighted by Crippen LogP contribution is 2.39. The highest BCUT2D eigenvalue weighted by molar-refractivity contribution is 8.26. The van der Waals surface area contributed by atoms with Crippen LogP contribution in [0.3, 0.4) is 0 Å². The predicted octanol–water partition coefficient (Wildman–Crippen LogP) is 6.69. The molecule has 0 aliphatic carbocycles. The number of nitrogens with zero attached hydrogens (tertiary/aromatic N) is 1. The van der Waals surface area contributed by atoms with Gasteiger partial charge in [0.2, 0.25) is 0 Å². The maximum Gasteiger partial charge on any atom is 0.416 e. The molecule has 1 saturated heterocycles. The minimum Gasteiger partial charge on any atom is -0.493 e. The SMILES string of the molecule is COc1cc(/C=C2\SC(=S)N([C@@H](C)c3ccccc3)C2=O)ccc1OCC(=O)Nc1cccc(C(F)(F)F)c1. The van der Waals surface area contributed by atoms with E-state index in [1.807, 2.05) is 37.3 Å². The zero-order chi connectivity index (χ0) is 28.2. The van der Waals surface area contributed by atoms with Crippen molar-refractivity contribution in [2.24, 2.45) is 0 Å². The summed E-state index contributed by atoms with van der Waals surface area (Å²) in [6.45, 7) is 1.46. The van der Waals surface area contributed by atoms with Gasteiger partial charge in [0.25, 0.3) is 11.8 Å². The molecule has 6 nitrogen and oxygen atoms in total. The smallest absolute Gasteiger partial charge is 0.416 e. The third-order valence-corrected chi connectivity index (χ3v) is 7.14. The molecule has 0 saturated carbocycles. The van der Waals surface area contributed by atoms with E-state index in [-0.39, 0.29) is 23.4 Å². The van der Waals surface area contributed by atoms with Crippen molar-refractivity contribution >= 4 is 51.9 Å². The summed E-state index contributed by atoms with van der Waals surface area (Å²) in [5.74, 6) is -0.286. The number of alkyl halides is 3. The van der Waals surface area contributed by atoms with E-state index in [9.17, 15) is 22.8 Å². The molecule has 11 heteroatoms. The van der Waals surface area contributed by atoms with Crippen LogP contribution in [0.15, 0.2) is 77.7 Å². The monoisotopic (exact) mass is 572 g/mol. The van der Waals surface area contributed by atoms with E-state index >= 15 is 0 Å². The Hall–Kier alpha value is -3.83. The molecule has 1 fully saturated rings. The van der Waals surface area contributed by atoms with Gasteiger partial charge in [0.15, 0.2) is 18.1 Å². The number of nitrogens with one attached hydrogen (secondary N) is 1. The predicted molar refractivity (Wildman–Crippen MR) is 148 cm³/mol. The molecule has 3 aromatic carbocycles. The fourth-order valence-electron chi connectivity index (χ4n) is 3.85. The first-order chi connectivity index (χ1) is 18.6. The number of halogens is 3. The molecule has 1 aliphatic rings. The van der Waals surface area contributed by atoms with E-state index in [4.69, 9.17) is 21.7 Å². The lowest BCUT2D eigenvalue weighted by Crippen LogP contribution is -2.30. The third-order valence-electron chi connectivity index (χ3n) is 5.81. The van der Waals surface area contributed by atoms with Crippen molar-refractivity contribution in [3.05, 3.63) is 94.4 Å². The number of carbonyl (C=O) groups excluding carboxylic acids is 2. The number of anilines is 1. The normalized spacial score (nSPS) is 15.4. The molecule has 0 spiro atoms. The minimum atomic E-state index is -4.52. The zero-order valence-corrected chi connectivity index (χ0v) is 22.5. The van der Waals surface area contributed by atoms with Crippen molar-refractivity contribution in [3.63, 3.8) is 0 Å². The minimum absolute atomic E-state index is 0.000338. The Balaban J connectivity index is 1.42. The van der Waals surface area contributed by atoms with E-state index in [0.717, 1.165) is 17.7 Å². The molecule has 1 aliphatic heterocycles. The van der Waals surface area contributed by atoms with Crippen LogP contribution < -0.4 is 14.8 Å².